The molecule has 2 saturated heterocycles. The summed E-state index contributed by atoms with van der Waals surface area (Å²) in [6.07, 6.45) is 4.67. The molecule has 0 bridgehead atoms. The number of ether oxygens (including phenoxy) is 2. The Hall–Kier alpha value is -2.15. The monoisotopic (exact) mass is 343 g/mol. The van der Waals surface area contributed by atoms with Crippen LogP contribution in [0.25, 0.3) is 0 Å². The lowest BCUT2D eigenvalue weighted by atomic mass is 10.0. The van der Waals surface area contributed by atoms with Gasteiger partial charge in [-0.3, -0.25) is 0 Å². The Balaban J connectivity index is 1.37. The lowest BCUT2D eigenvalue weighted by Crippen LogP contribution is -2.22. The van der Waals surface area contributed by atoms with Crippen molar-refractivity contribution in [3.63, 3.8) is 0 Å². The maximum absolute atomic E-state index is 5.97. The Morgan fingerprint density at radius 2 is 2.00 bits per heavy atom. The van der Waals surface area contributed by atoms with E-state index >= 15 is 0 Å². The number of anilines is 1. The zero-order valence-electron chi connectivity index (χ0n) is 14.5. The van der Waals surface area contributed by atoms with Crippen molar-refractivity contribution in [3.05, 3.63) is 30.1 Å². The molecule has 134 valence electrons. The summed E-state index contributed by atoms with van der Waals surface area (Å²) in [5.74, 6) is 2.22. The minimum Gasteiger partial charge on any atom is -0.485 e. The van der Waals surface area contributed by atoms with Crippen LogP contribution in [0.5, 0.6) is 5.75 Å². The minimum atomic E-state index is 0.389. The average Bonchev–Trinajstić information content (AvgIpc) is 3.33. The van der Waals surface area contributed by atoms with Crippen molar-refractivity contribution in [2.45, 2.75) is 38.8 Å². The molecule has 3 heterocycles. The van der Waals surface area contributed by atoms with Crippen LogP contribution < -0.4 is 9.64 Å². The third-order valence-electron chi connectivity index (χ3n) is 5.03. The second kappa shape index (κ2) is 7.82. The summed E-state index contributed by atoms with van der Waals surface area (Å²) in [4.78, 5) is 2.40. The van der Waals surface area contributed by atoms with Crippen LogP contribution in [0.1, 0.15) is 31.5 Å². The van der Waals surface area contributed by atoms with E-state index in [4.69, 9.17) is 9.47 Å². The van der Waals surface area contributed by atoms with Gasteiger partial charge in [-0.1, -0.05) is 6.07 Å². The quantitative estimate of drug-likeness (QED) is 0.802. The van der Waals surface area contributed by atoms with Gasteiger partial charge in [0.1, 0.15) is 12.4 Å². The summed E-state index contributed by atoms with van der Waals surface area (Å²) in [7, 11) is 0. The Morgan fingerprint density at radius 1 is 1.16 bits per heavy atom. The zero-order chi connectivity index (χ0) is 16.9. The Labute approximate surface area is 147 Å². The second-order valence-electron chi connectivity index (χ2n) is 6.81. The molecule has 7 heteroatoms. The fourth-order valence-corrected chi connectivity index (χ4v) is 3.54. The van der Waals surface area contributed by atoms with Gasteiger partial charge in [-0.25, -0.2) is 4.68 Å². The van der Waals surface area contributed by atoms with Crippen LogP contribution >= 0.6 is 0 Å². The highest BCUT2D eigenvalue weighted by molar-refractivity contribution is 5.51. The van der Waals surface area contributed by atoms with E-state index in [9.17, 15) is 0 Å². The fraction of sp³-hybridized carbons (Fsp3) is 0.611. The molecule has 2 aliphatic heterocycles. The number of rotatable bonds is 6. The Kier molecular flexibility index (Phi) is 5.11. The van der Waals surface area contributed by atoms with Gasteiger partial charge in [-0.05, 0) is 54.2 Å². The Bertz CT molecular complexity index is 678. The molecule has 2 aliphatic rings. The van der Waals surface area contributed by atoms with E-state index < -0.39 is 0 Å². The van der Waals surface area contributed by atoms with Crippen molar-refractivity contribution in [2.24, 2.45) is 5.92 Å². The number of nitrogens with zero attached hydrogens (tertiary/aromatic N) is 5. The van der Waals surface area contributed by atoms with Crippen molar-refractivity contribution in [3.8, 4) is 5.75 Å². The van der Waals surface area contributed by atoms with E-state index in [0.717, 1.165) is 57.3 Å². The summed E-state index contributed by atoms with van der Waals surface area (Å²) in [5.41, 5.74) is 1.23. The first-order chi connectivity index (χ1) is 12.4. The Morgan fingerprint density at radius 3 is 2.84 bits per heavy atom. The van der Waals surface area contributed by atoms with Gasteiger partial charge in [0.05, 0.1) is 0 Å². The molecule has 1 aromatic carbocycles. The normalized spacial score (nSPS) is 18.6. The number of tetrazole rings is 1. The molecule has 0 amide bonds. The molecule has 0 radical (unpaired) electrons. The largest absolute Gasteiger partial charge is 0.485 e. The van der Waals surface area contributed by atoms with Gasteiger partial charge >= 0.3 is 0 Å². The molecule has 0 N–H and O–H groups in total. The molecule has 0 aliphatic carbocycles. The average molecular weight is 343 g/mol. The van der Waals surface area contributed by atoms with Crippen molar-refractivity contribution in [1.82, 2.24) is 20.2 Å². The topological polar surface area (TPSA) is 65.3 Å². The van der Waals surface area contributed by atoms with Gasteiger partial charge in [0.15, 0.2) is 5.82 Å². The van der Waals surface area contributed by atoms with Crippen LogP contribution in [-0.2, 0) is 17.9 Å². The highest BCUT2D eigenvalue weighted by Crippen LogP contribution is 2.25. The number of hydrogen-bond donors (Lipinski definition) is 0. The van der Waals surface area contributed by atoms with E-state index in [1.54, 1.807) is 0 Å². The highest BCUT2D eigenvalue weighted by atomic mass is 16.5. The van der Waals surface area contributed by atoms with Gasteiger partial charge in [0.2, 0.25) is 0 Å². The van der Waals surface area contributed by atoms with E-state index in [1.165, 1.54) is 18.5 Å². The van der Waals surface area contributed by atoms with Gasteiger partial charge in [-0.15, -0.1) is 5.10 Å². The predicted molar refractivity (Wildman–Crippen MR) is 93.6 cm³/mol. The van der Waals surface area contributed by atoms with Crippen LogP contribution in [-0.4, -0.2) is 46.5 Å². The number of benzene rings is 1. The molecule has 0 unspecified atom stereocenters. The van der Waals surface area contributed by atoms with E-state index in [-0.39, 0.29) is 0 Å². The first kappa shape index (κ1) is 16.3. The molecule has 0 spiro atoms. The van der Waals surface area contributed by atoms with Gasteiger partial charge in [-0.2, -0.15) is 0 Å². The van der Waals surface area contributed by atoms with E-state index in [2.05, 4.69) is 32.6 Å². The molecule has 0 saturated carbocycles. The first-order valence-corrected chi connectivity index (χ1v) is 9.19. The lowest BCUT2D eigenvalue weighted by molar-refractivity contribution is 0.0593. The lowest BCUT2D eigenvalue weighted by Gasteiger charge is -2.22. The molecule has 7 nitrogen and oxygen atoms in total. The van der Waals surface area contributed by atoms with Gasteiger partial charge < -0.3 is 14.4 Å². The summed E-state index contributed by atoms with van der Waals surface area (Å²) < 4.78 is 13.3. The number of hydrogen-bond acceptors (Lipinski definition) is 6. The SMILES string of the molecule is c1cc(OCc2nnnn2CC2CCOCC2)cc(N2CCCC2)c1. The van der Waals surface area contributed by atoms with Crippen molar-refractivity contribution in [1.29, 1.82) is 0 Å². The van der Waals surface area contributed by atoms with Crippen LogP contribution in [0.2, 0.25) is 0 Å². The molecular weight excluding hydrogens is 318 g/mol. The van der Waals surface area contributed by atoms with Gasteiger partial charge in [0, 0.05) is 44.6 Å². The zero-order valence-corrected chi connectivity index (χ0v) is 14.5. The first-order valence-electron chi connectivity index (χ1n) is 9.19. The van der Waals surface area contributed by atoms with Crippen LogP contribution in [0.3, 0.4) is 0 Å². The van der Waals surface area contributed by atoms with Gasteiger partial charge in [0.25, 0.3) is 0 Å². The fourth-order valence-electron chi connectivity index (χ4n) is 3.54. The molecule has 1 aromatic heterocycles. The summed E-state index contributed by atoms with van der Waals surface area (Å²) >= 11 is 0. The van der Waals surface area contributed by atoms with Crippen LogP contribution in [0.4, 0.5) is 5.69 Å². The maximum atomic E-state index is 5.97. The van der Waals surface area contributed by atoms with Crippen molar-refractivity contribution >= 4 is 5.69 Å². The predicted octanol–water partition coefficient (Wildman–Crippen LogP) is 2.28. The van der Waals surface area contributed by atoms with Crippen LogP contribution in [0.15, 0.2) is 24.3 Å². The maximum Gasteiger partial charge on any atom is 0.189 e. The molecule has 2 aromatic rings. The van der Waals surface area contributed by atoms with Crippen molar-refractivity contribution < 1.29 is 9.47 Å². The molecule has 25 heavy (non-hydrogen) atoms. The van der Waals surface area contributed by atoms with Crippen LogP contribution in [0, 0.1) is 5.92 Å². The smallest absolute Gasteiger partial charge is 0.189 e. The minimum absolute atomic E-state index is 0.389. The van der Waals surface area contributed by atoms with E-state index in [0.29, 0.717) is 12.5 Å². The molecule has 4 rings (SSSR count). The third kappa shape index (κ3) is 4.10. The number of aromatic nitrogens is 4. The molecular formula is C18H25N5O2. The standard InChI is InChI=1S/C18H25N5O2/c1-2-9-22(8-1)16-4-3-5-17(12-16)25-14-18-19-20-21-23(18)13-15-6-10-24-11-7-15/h3-5,12,15H,1-2,6-11,13-14H2. The summed E-state index contributed by atoms with van der Waals surface area (Å²) in [5, 5.41) is 12.1. The molecule has 2 fully saturated rings. The summed E-state index contributed by atoms with van der Waals surface area (Å²) in [6, 6.07) is 8.30. The molecule has 0 atom stereocenters. The summed E-state index contributed by atoms with van der Waals surface area (Å²) in [6.45, 7) is 5.16. The van der Waals surface area contributed by atoms with Crippen molar-refractivity contribution in [2.75, 3.05) is 31.2 Å². The third-order valence-corrected chi connectivity index (χ3v) is 5.03. The second-order valence-corrected chi connectivity index (χ2v) is 6.81. The highest BCUT2D eigenvalue weighted by Gasteiger charge is 2.18. The van der Waals surface area contributed by atoms with E-state index in [1.807, 2.05) is 16.8 Å².